The van der Waals surface area contributed by atoms with Crippen LogP contribution in [0, 0.1) is 0 Å². The van der Waals surface area contributed by atoms with Crippen LogP contribution in [0.3, 0.4) is 0 Å². The predicted molar refractivity (Wildman–Crippen MR) is 49.4 cm³/mol. The van der Waals surface area contributed by atoms with Crippen LogP contribution in [0.4, 0.5) is 0 Å². The van der Waals surface area contributed by atoms with Gasteiger partial charge in [-0.1, -0.05) is 37.6 Å². The summed E-state index contributed by atoms with van der Waals surface area (Å²) in [4.78, 5) is 0. The van der Waals surface area contributed by atoms with Crippen LogP contribution < -0.4 is 0 Å². The van der Waals surface area contributed by atoms with E-state index in [1.807, 2.05) is 18.2 Å². The smallest absolute Gasteiger partial charge is 0.107 e. The van der Waals surface area contributed by atoms with Gasteiger partial charge >= 0.3 is 0 Å². The van der Waals surface area contributed by atoms with Crippen molar-refractivity contribution in [1.82, 2.24) is 0 Å². The molecule has 65 valence electrons. The quantitative estimate of drug-likeness (QED) is 0.650. The Kier molecular flexibility index (Phi) is 3.81. The summed E-state index contributed by atoms with van der Waals surface area (Å²) in [5.41, 5.74) is 2.20. The molecule has 0 N–H and O–H groups in total. The number of hydrogen-bond donors (Lipinski definition) is 0. The summed E-state index contributed by atoms with van der Waals surface area (Å²) in [5.74, 6) is 0. The highest BCUT2D eigenvalue weighted by Crippen LogP contribution is 2.08. The first-order valence-electron chi connectivity index (χ1n) is 4.52. The Labute approximate surface area is 74.1 Å². The molecular weight excluding hydrogens is 148 g/mol. The van der Waals surface area contributed by atoms with Crippen molar-refractivity contribution in [2.75, 3.05) is 0 Å². The van der Waals surface area contributed by atoms with E-state index in [0.29, 0.717) is 0 Å². The first kappa shape index (κ1) is 9.27. The highest BCUT2D eigenvalue weighted by atomic mass is 16.3. The minimum atomic E-state index is -0.0973. The number of rotatable bonds is 4. The van der Waals surface area contributed by atoms with Crippen molar-refractivity contribution >= 4 is 0 Å². The van der Waals surface area contributed by atoms with Crippen LogP contribution in [-0.4, -0.2) is 0 Å². The van der Waals surface area contributed by atoms with E-state index in [4.69, 9.17) is 0 Å². The lowest BCUT2D eigenvalue weighted by Crippen LogP contribution is -1.87. The van der Waals surface area contributed by atoms with Crippen LogP contribution >= 0.6 is 0 Å². The van der Waals surface area contributed by atoms with E-state index in [1.54, 1.807) is 0 Å². The summed E-state index contributed by atoms with van der Waals surface area (Å²) in [6.45, 7) is 2.08. The highest BCUT2D eigenvalue weighted by molar-refractivity contribution is 5.22. The van der Waals surface area contributed by atoms with E-state index in [9.17, 15) is 5.11 Å². The van der Waals surface area contributed by atoms with Gasteiger partial charge in [0.2, 0.25) is 0 Å². The van der Waals surface area contributed by atoms with Crippen LogP contribution in [0.5, 0.6) is 0 Å². The zero-order chi connectivity index (χ0) is 8.81. The van der Waals surface area contributed by atoms with E-state index in [-0.39, 0.29) is 6.61 Å². The van der Waals surface area contributed by atoms with E-state index >= 15 is 0 Å². The van der Waals surface area contributed by atoms with Crippen molar-refractivity contribution in [3.05, 3.63) is 35.4 Å². The molecule has 12 heavy (non-hydrogen) atoms. The molecule has 0 spiro atoms. The van der Waals surface area contributed by atoms with Gasteiger partial charge in [0.05, 0.1) is 0 Å². The van der Waals surface area contributed by atoms with Gasteiger partial charge in [-0.25, -0.2) is 5.11 Å². The summed E-state index contributed by atoms with van der Waals surface area (Å²) in [6.07, 6.45) is 3.52. The van der Waals surface area contributed by atoms with Gasteiger partial charge in [0, 0.05) is 0 Å². The lowest BCUT2D eigenvalue weighted by Gasteiger charge is -2.00. The van der Waals surface area contributed by atoms with Crippen LogP contribution in [0.2, 0.25) is 0 Å². The Bertz CT molecular complexity index is 230. The van der Waals surface area contributed by atoms with Gasteiger partial charge in [0.1, 0.15) is 6.61 Å². The third-order valence-corrected chi connectivity index (χ3v) is 1.98. The average molecular weight is 163 g/mol. The monoisotopic (exact) mass is 163 g/mol. The number of hydrogen-bond acceptors (Lipinski definition) is 0. The second kappa shape index (κ2) is 4.94. The SMILES string of the molecule is CCCCc1cccc(C[O])c1. The Morgan fingerprint density at radius 2 is 2.00 bits per heavy atom. The van der Waals surface area contributed by atoms with Crippen LogP contribution in [0.15, 0.2) is 24.3 Å². The van der Waals surface area contributed by atoms with E-state index in [2.05, 4.69) is 13.0 Å². The number of unbranched alkanes of at least 4 members (excludes halogenated alkanes) is 1. The first-order valence-corrected chi connectivity index (χ1v) is 4.52. The van der Waals surface area contributed by atoms with Crippen LogP contribution in [-0.2, 0) is 18.1 Å². The molecule has 0 atom stereocenters. The first-order chi connectivity index (χ1) is 5.86. The Hall–Kier alpha value is -0.820. The summed E-state index contributed by atoms with van der Waals surface area (Å²) >= 11 is 0. The second-order valence-electron chi connectivity index (χ2n) is 3.07. The van der Waals surface area contributed by atoms with Gasteiger partial charge in [0.25, 0.3) is 0 Å². The van der Waals surface area contributed by atoms with Crippen LogP contribution in [0.1, 0.15) is 30.9 Å². The molecule has 1 rings (SSSR count). The third kappa shape index (κ3) is 2.67. The summed E-state index contributed by atoms with van der Waals surface area (Å²) in [7, 11) is 0. The molecule has 1 radical (unpaired) electrons. The highest BCUT2D eigenvalue weighted by Gasteiger charge is 1.94. The summed E-state index contributed by atoms with van der Waals surface area (Å²) < 4.78 is 0. The van der Waals surface area contributed by atoms with Gasteiger partial charge in [-0.2, -0.15) is 0 Å². The fourth-order valence-corrected chi connectivity index (χ4v) is 1.26. The van der Waals surface area contributed by atoms with Gasteiger partial charge < -0.3 is 0 Å². The van der Waals surface area contributed by atoms with Gasteiger partial charge in [-0.3, -0.25) is 0 Å². The molecule has 1 aromatic rings. The van der Waals surface area contributed by atoms with E-state index in [1.165, 1.54) is 18.4 Å². The zero-order valence-electron chi connectivity index (χ0n) is 7.55. The Morgan fingerprint density at radius 3 is 2.67 bits per heavy atom. The minimum Gasteiger partial charge on any atom is -0.232 e. The predicted octanol–water partition coefficient (Wildman–Crippen LogP) is 2.96. The van der Waals surface area contributed by atoms with Crippen molar-refractivity contribution in [3.8, 4) is 0 Å². The standard InChI is InChI=1S/C11H15O/c1-2-3-5-10-6-4-7-11(8-10)9-12/h4,6-8H,2-3,5,9H2,1H3. The molecule has 0 aliphatic carbocycles. The maximum atomic E-state index is 10.6. The van der Waals surface area contributed by atoms with Gasteiger partial charge in [-0.15, -0.1) is 0 Å². The normalized spacial score (nSPS) is 10.2. The fraction of sp³-hybridized carbons (Fsp3) is 0.455. The molecule has 0 amide bonds. The Morgan fingerprint density at radius 1 is 1.25 bits per heavy atom. The molecule has 1 aromatic carbocycles. The van der Waals surface area contributed by atoms with Gasteiger partial charge in [0.15, 0.2) is 0 Å². The molecule has 1 heteroatoms. The topological polar surface area (TPSA) is 19.9 Å². The van der Waals surface area contributed by atoms with Crippen LogP contribution in [0.25, 0.3) is 0 Å². The molecule has 0 unspecified atom stereocenters. The molecule has 1 nitrogen and oxygen atoms in total. The lowest BCUT2D eigenvalue weighted by atomic mass is 10.1. The molecule has 0 heterocycles. The van der Waals surface area contributed by atoms with Crippen molar-refractivity contribution in [2.45, 2.75) is 32.8 Å². The Balaban J connectivity index is 2.60. The minimum absolute atomic E-state index is 0.0973. The molecule has 0 aromatic heterocycles. The largest absolute Gasteiger partial charge is 0.232 e. The average Bonchev–Trinajstić information content (AvgIpc) is 2.15. The lowest BCUT2D eigenvalue weighted by molar-refractivity contribution is 0.177. The van der Waals surface area contributed by atoms with Crippen molar-refractivity contribution in [1.29, 1.82) is 0 Å². The maximum absolute atomic E-state index is 10.6. The summed E-state index contributed by atoms with van der Waals surface area (Å²) in [5, 5.41) is 10.6. The van der Waals surface area contributed by atoms with Gasteiger partial charge in [-0.05, 0) is 24.0 Å². The fourth-order valence-electron chi connectivity index (χ4n) is 1.26. The van der Waals surface area contributed by atoms with E-state index in [0.717, 1.165) is 12.0 Å². The summed E-state index contributed by atoms with van der Waals surface area (Å²) in [6, 6.07) is 7.97. The molecule has 0 aliphatic rings. The van der Waals surface area contributed by atoms with Crippen molar-refractivity contribution in [2.24, 2.45) is 0 Å². The number of aryl methyl sites for hydroxylation is 1. The molecule has 0 fully saturated rings. The molecule has 0 aliphatic heterocycles. The van der Waals surface area contributed by atoms with E-state index < -0.39 is 0 Å². The number of benzene rings is 1. The molecule has 0 saturated carbocycles. The third-order valence-electron chi connectivity index (χ3n) is 1.98. The van der Waals surface area contributed by atoms with Crippen molar-refractivity contribution in [3.63, 3.8) is 0 Å². The van der Waals surface area contributed by atoms with Crippen molar-refractivity contribution < 1.29 is 5.11 Å². The maximum Gasteiger partial charge on any atom is 0.107 e. The molecule has 0 saturated heterocycles. The zero-order valence-corrected chi connectivity index (χ0v) is 7.55. The second-order valence-corrected chi connectivity index (χ2v) is 3.07. The molecular formula is C11H15O. The molecule has 0 bridgehead atoms.